The molecule has 3 N–H and O–H groups in total. The molecule has 9 heteroatoms. The molecular formula is C11H15BrFN3O3S. The third kappa shape index (κ3) is 3.47. The fourth-order valence-electron chi connectivity index (χ4n) is 1.49. The smallest absolute Gasteiger partial charge is 0.244 e. The van der Waals surface area contributed by atoms with Gasteiger partial charge < -0.3 is 11.1 Å². The zero-order chi connectivity index (χ0) is 15.5. The number of likely N-dealkylation sites (N-methyl/N-ethyl adjacent to an activating group) is 2. The molecule has 0 saturated carbocycles. The van der Waals surface area contributed by atoms with Crippen molar-refractivity contribution >= 4 is 37.5 Å². The highest BCUT2D eigenvalue weighted by Gasteiger charge is 2.28. The standard InChI is InChI=1S/C11H15BrFN3O3S/c1-3-16(6-11(17)15-2)20(18,19)10-5-9(14)8(13)4-7(10)12/h4-5H,3,6,14H2,1-2H3,(H,15,17). The molecule has 1 amide bonds. The average molecular weight is 368 g/mol. The first-order valence-electron chi connectivity index (χ1n) is 5.69. The van der Waals surface area contributed by atoms with Crippen molar-refractivity contribution in [3.05, 3.63) is 22.4 Å². The maximum absolute atomic E-state index is 13.3. The molecule has 0 radical (unpaired) electrons. The molecule has 0 bridgehead atoms. The van der Waals surface area contributed by atoms with E-state index < -0.39 is 21.7 Å². The van der Waals surface area contributed by atoms with Gasteiger partial charge in [-0.2, -0.15) is 4.31 Å². The Morgan fingerprint density at radius 1 is 1.50 bits per heavy atom. The molecule has 1 aromatic carbocycles. The number of nitrogens with zero attached hydrogens (tertiary/aromatic N) is 1. The number of nitrogen functional groups attached to an aromatic ring is 1. The van der Waals surface area contributed by atoms with E-state index in [9.17, 15) is 17.6 Å². The summed E-state index contributed by atoms with van der Waals surface area (Å²) in [6, 6.07) is 2.01. The molecule has 0 unspecified atom stereocenters. The molecule has 0 aliphatic rings. The van der Waals surface area contributed by atoms with Crippen LogP contribution in [0, 0.1) is 5.82 Å². The van der Waals surface area contributed by atoms with Crippen molar-refractivity contribution in [1.82, 2.24) is 9.62 Å². The number of sulfonamides is 1. The van der Waals surface area contributed by atoms with Crippen LogP contribution in [0.2, 0.25) is 0 Å². The number of carbonyl (C=O) groups is 1. The van der Waals surface area contributed by atoms with E-state index in [1.807, 2.05) is 0 Å². The Morgan fingerprint density at radius 2 is 2.10 bits per heavy atom. The van der Waals surface area contributed by atoms with Gasteiger partial charge in [0.15, 0.2) is 0 Å². The topological polar surface area (TPSA) is 92.5 Å². The number of hydrogen-bond donors (Lipinski definition) is 2. The molecule has 0 aromatic heterocycles. The van der Waals surface area contributed by atoms with Crippen molar-refractivity contribution in [3.63, 3.8) is 0 Å². The zero-order valence-electron chi connectivity index (χ0n) is 11.0. The van der Waals surface area contributed by atoms with Gasteiger partial charge in [0.2, 0.25) is 15.9 Å². The van der Waals surface area contributed by atoms with E-state index in [-0.39, 0.29) is 28.1 Å². The lowest BCUT2D eigenvalue weighted by Gasteiger charge is -2.20. The summed E-state index contributed by atoms with van der Waals surface area (Å²) in [7, 11) is -2.54. The highest BCUT2D eigenvalue weighted by Crippen LogP contribution is 2.29. The summed E-state index contributed by atoms with van der Waals surface area (Å²) in [4.78, 5) is 11.2. The van der Waals surface area contributed by atoms with Gasteiger partial charge in [-0.1, -0.05) is 6.92 Å². The van der Waals surface area contributed by atoms with Gasteiger partial charge >= 0.3 is 0 Å². The van der Waals surface area contributed by atoms with Gasteiger partial charge in [0, 0.05) is 18.1 Å². The molecule has 0 aliphatic carbocycles. The van der Waals surface area contributed by atoms with Crippen molar-refractivity contribution < 1.29 is 17.6 Å². The fraction of sp³-hybridized carbons (Fsp3) is 0.364. The van der Waals surface area contributed by atoms with Gasteiger partial charge in [0.25, 0.3) is 0 Å². The van der Waals surface area contributed by atoms with Crippen molar-refractivity contribution in [1.29, 1.82) is 0 Å². The Kier molecular flexibility index (Phi) is 5.49. The quantitative estimate of drug-likeness (QED) is 0.757. The van der Waals surface area contributed by atoms with Crippen LogP contribution in [0.25, 0.3) is 0 Å². The second kappa shape index (κ2) is 6.51. The van der Waals surface area contributed by atoms with Gasteiger partial charge in [-0.05, 0) is 28.1 Å². The SMILES string of the molecule is CCN(CC(=O)NC)S(=O)(=O)c1cc(N)c(F)cc1Br. The normalized spacial score (nSPS) is 11.7. The predicted molar refractivity (Wildman–Crippen MR) is 77.0 cm³/mol. The minimum Gasteiger partial charge on any atom is -0.396 e. The van der Waals surface area contributed by atoms with Gasteiger partial charge in [0.05, 0.1) is 17.1 Å². The number of benzene rings is 1. The molecule has 112 valence electrons. The number of nitrogens with one attached hydrogen (secondary N) is 1. The molecule has 0 fully saturated rings. The van der Waals surface area contributed by atoms with Crippen LogP contribution in [0.15, 0.2) is 21.5 Å². The lowest BCUT2D eigenvalue weighted by atomic mass is 10.3. The van der Waals surface area contributed by atoms with Gasteiger partial charge in [-0.25, -0.2) is 12.8 Å². The first kappa shape index (κ1) is 16.9. The van der Waals surface area contributed by atoms with E-state index in [1.54, 1.807) is 6.92 Å². The third-order valence-electron chi connectivity index (χ3n) is 2.62. The molecule has 0 aliphatic heterocycles. The van der Waals surface area contributed by atoms with E-state index in [4.69, 9.17) is 5.73 Å². The number of rotatable bonds is 5. The average Bonchev–Trinajstić information content (AvgIpc) is 2.39. The number of anilines is 1. The molecule has 1 aromatic rings. The molecule has 0 saturated heterocycles. The maximum Gasteiger partial charge on any atom is 0.244 e. The molecule has 0 heterocycles. The molecule has 6 nitrogen and oxygen atoms in total. The van der Waals surface area contributed by atoms with Crippen molar-refractivity contribution in [2.75, 3.05) is 25.9 Å². The van der Waals surface area contributed by atoms with Crippen LogP contribution in [0.5, 0.6) is 0 Å². The highest BCUT2D eigenvalue weighted by molar-refractivity contribution is 9.10. The van der Waals surface area contributed by atoms with Crippen molar-refractivity contribution in [2.45, 2.75) is 11.8 Å². The molecule has 0 spiro atoms. The van der Waals surface area contributed by atoms with E-state index in [1.165, 1.54) is 7.05 Å². The highest BCUT2D eigenvalue weighted by atomic mass is 79.9. The number of halogens is 2. The first-order valence-corrected chi connectivity index (χ1v) is 7.92. The van der Waals surface area contributed by atoms with E-state index in [2.05, 4.69) is 21.2 Å². The molecule has 20 heavy (non-hydrogen) atoms. The summed E-state index contributed by atoms with van der Waals surface area (Å²) in [5.74, 6) is -1.16. The van der Waals surface area contributed by atoms with Crippen LogP contribution < -0.4 is 11.1 Å². The molecule has 1 rings (SSSR count). The third-order valence-corrected chi connectivity index (χ3v) is 5.50. The van der Waals surface area contributed by atoms with Gasteiger partial charge in [-0.3, -0.25) is 4.79 Å². The lowest BCUT2D eigenvalue weighted by Crippen LogP contribution is -2.39. The monoisotopic (exact) mass is 367 g/mol. The Hall–Kier alpha value is -1.19. The number of hydrogen-bond acceptors (Lipinski definition) is 4. The number of carbonyl (C=O) groups excluding carboxylic acids is 1. The van der Waals surface area contributed by atoms with E-state index >= 15 is 0 Å². The number of nitrogens with two attached hydrogens (primary N) is 1. The van der Waals surface area contributed by atoms with Gasteiger partial charge in [-0.15, -0.1) is 0 Å². The maximum atomic E-state index is 13.3. The summed E-state index contributed by atoms with van der Waals surface area (Å²) in [6.07, 6.45) is 0. The first-order chi connectivity index (χ1) is 9.23. The van der Waals surface area contributed by atoms with Crippen LogP contribution in [0.4, 0.5) is 10.1 Å². The largest absolute Gasteiger partial charge is 0.396 e. The Bertz CT molecular complexity index is 622. The summed E-state index contributed by atoms with van der Waals surface area (Å²) >= 11 is 3.00. The van der Waals surface area contributed by atoms with Crippen LogP contribution >= 0.6 is 15.9 Å². The van der Waals surface area contributed by atoms with E-state index in [0.717, 1.165) is 16.4 Å². The second-order valence-electron chi connectivity index (χ2n) is 3.91. The summed E-state index contributed by atoms with van der Waals surface area (Å²) in [5, 5.41) is 2.35. The summed E-state index contributed by atoms with van der Waals surface area (Å²) in [5.41, 5.74) is 5.12. The lowest BCUT2D eigenvalue weighted by molar-refractivity contribution is -0.120. The zero-order valence-corrected chi connectivity index (χ0v) is 13.4. The van der Waals surface area contributed by atoms with Crippen LogP contribution in [-0.4, -0.2) is 38.8 Å². The Labute approximate surface area is 125 Å². The van der Waals surface area contributed by atoms with Gasteiger partial charge in [0.1, 0.15) is 5.82 Å². The summed E-state index contributed by atoms with van der Waals surface area (Å²) < 4.78 is 39.2. The molecule has 0 atom stereocenters. The predicted octanol–water partition coefficient (Wildman–Crippen LogP) is 0.927. The number of amides is 1. The van der Waals surface area contributed by atoms with Crippen LogP contribution in [0.1, 0.15) is 6.92 Å². The Morgan fingerprint density at radius 3 is 2.60 bits per heavy atom. The van der Waals surface area contributed by atoms with E-state index in [0.29, 0.717) is 0 Å². The van der Waals surface area contributed by atoms with Crippen molar-refractivity contribution in [3.8, 4) is 0 Å². The summed E-state index contributed by atoms with van der Waals surface area (Å²) in [6.45, 7) is 1.37. The second-order valence-corrected chi connectivity index (χ2v) is 6.67. The Balaban J connectivity index is 3.27. The fourth-order valence-corrected chi connectivity index (χ4v) is 3.90. The molecular weight excluding hydrogens is 353 g/mol. The minimum absolute atomic E-state index is 0.0551. The minimum atomic E-state index is -3.95. The van der Waals surface area contributed by atoms with Crippen LogP contribution in [0.3, 0.4) is 0 Å². The van der Waals surface area contributed by atoms with Crippen molar-refractivity contribution in [2.24, 2.45) is 0 Å². The van der Waals surface area contributed by atoms with Crippen LogP contribution in [-0.2, 0) is 14.8 Å².